The van der Waals surface area contributed by atoms with Crippen LogP contribution in [0.4, 0.5) is 18.9 Å². The smallest absolute Gasteiger partial charge is 0.372 e. The van der Waals surface area contributed by atoms with Gasteiger partial charge in [0.15, 0.2) is 0 Å². The Bertz CT molecular complexity index is 1160. The summed E-state index contributed by atoms with van der Waals surface area (Å²) in [6, 6.07) is 3.91. The van der Waals surface area contributed by atoms with Crippen molar-refractivity contribution in [2.24, 2.45) is 5.92 Å². The minimum absolute atomic E-state index is 0.0610. The number of anilines is 1. The molecule has 0 aliphatic heterocycles. The van der Waals surface area contributed by atoms with Gasteiger partial charge in [-0.3, -0.25) is 9.59 Å². The number of hydrogen-bond donors (Lipinski definition) is 2. The van der Waals surface area contributed by atoms with Crippen LogP contribution in [0.15, 0.2) is 34.4 Å². The zero-order valence-corrected chi connectivity index (χ0v) is 18.5. The number of benzene rings is 1. The Labute approximate surface area is 185 Å². The zero-order chi connectivity index (χ0) is 22.9. The van der Waals surface area contributed by atoms with Gasteiger partial charge in [0.25, 0.3) is 5.56 Å². The summed E-state index contributed by atoms with van der Waals surface area (Å²) >= 11 is 7.31. The lowest BCUT2D eigenvalue weighted by Crippen LogP contribution is -2.44. The monoisotopic (exact) mass is 472 g/mol. The molecule has 11 heteroatoms. The predicted molar refractivity (Wildman–Crippen MR) is 115 cm³/mol. The molecule has 0 spiro atoms. The molecule has 0 saturated carbocycles. The third-order valence-corrected chi connectivity index (χ3v) is 5.88. The highest BCUT2D eigenvalue weighted by molar-refractivity contribution is 7.17. The molecule has 1 atom stereocenters. The van der Waals surface area contributed by atoms with Crippen LogP contribution in [0.1, 0.15) is 25.2 Å². The molecule has 0 saturated heterocycles. The molecule has 3 rings (SSSR count). The molecule has 1 aromatic carbocycles. The van der Waals surface area contributed by atoms with E-state index in [2.05, 4.69) is 15.3 Å². The van der Waals surface area contributed by atoms with Gasteiger partial charge in [-0.15, -0.1) is 11.3 Å². The number of nitrogens with zero attached hydrogens (tertiary/aromatic N) is 2. The second kappa shape index (κ2) is 8.88. The fourth-order valence-corrected chi connectivity index (χ4v) is 3.99. The molecular weight excluding hydrogens is 453 g/mol. The molecule has 31 heavy (non-hydrogen) atoms. The van der Waals surface area contributed by atoms with Gasteiger partial charge in [-0.05, 0) is 35.6 Å². The van der Waals surface area contributed by atoms with E-state index in [1.807, 2.05) is 0 Å². The molecule has 3 aromatic rings. The average molecular weight is 473 g/mol. The van der Waals surface area contributed by atoms with E-state index in [4.69, 9.17) is 11.6 Å². The maximum Gasteiger partial charge on any atom is 0.416 e. The summed E-state index contributed by atoms with van der Waals surface area (Å²) in [6.45, 7) is 3.67. The van der Waals surface area contributed by atoms with Gasteiger partial charge < -0.3 is 15.2 Å². The molecule has 0 aliphatic rings. The first-order valence-electron chi connectivity index (χ1n) is 9.32. The van der Waals surface area contributed by atoms with E-state index >= 15 is 0 Å². The average Bonchev–Trinajstić information content (AvgIpc) is 3.14. The Morgan fingerprint density at radius 2 is 2.03 bits per heavy atom. The number of nitrogens with one attached hydrogen (secondary N) is 2. The third-order valence-electron chi connectivity index (χ3n) is 4.67. The second-order valence-electron chi connectivity index (χ2n) is 7.40. The third kappa shape index (κ3) is 5.19. The van der Waals surface area contributed by atoms with E-state index in [9.17, 15) is 22.8 Å². The Morgan fingerprint density at radius 1 is 1.32 bits per heavy atom. The molecule has 6 nitrogen and oxygen atoms in total. The predicted octanol–water partition coefficient (Wildman–Crippen LogP) is 4.75. The standard InChI is InChI=1S/C20H20ClF3N4O2S/c1-10(2)16(26-13-5-4-11(8-12(13)21)20(22,23)24)19(30)28(3)9-15-25-14-6-7-31-17(14)18(29)27-15/h4-8,10,16,26H,9H2,1-3H3,(H,25,27,29)/t16-/m0/s1. The molecule has 2 aromatic heterocycles. The summed E-state index contributed by atoms with van der Waals surface area (Å²) < 4.78 is 39.1. The number of amides is 1. The van der Waals surface area contributed by atoms with Gasteiger partial charge in [-0.2, -0.15) is 13.2 Å². The van der Waals surface area contributed by atoms with E-state index in [-0.39, 0.29) is 34.6 Å². The number of rotatable bonds is 6. The highest BCUT2D eigenvalue weighted by atomic mass is 35.5. The minimum atomic E-state index is -4.51. The number of likely N-dealkylation sites (N-methyl/N-ethyl adjacent to an activating group) is 1. The van der Waals surface area contributed by atoms with E-state index in [1.54, 1.807) is 32.3 Å². The van der Waals surface area contributed by atoms with Crippen molar-refractivity contribution in [1.29, 1.82) is 0 Å². The molecule has 2 heterocycles. The number of halogens is 4. The van der Waals surface area contributed by atoms with Crippen molar-refractivity contribution in [3.05, 3.63) is 56.4 Å². The van der Waals surface area contributed by atoms with Gasteiger partial charge in [0, 0.05) is 7.05 Å². The van der Waals surface area contributed by atoms with Crippen molar-refractivity contribution < 1.29 is 18.0 Å². The first-order chi connectivity index (χ1) is 14.5. The summed E-state index contributed by atoms with van der Waals surface area (Å²) in [6.07, 6.45) is -4.51. The Kier molecular flexibility index (Phi) is 6.61. The van der Waals surface area contributed by atoms with E-state index < -0.39 is 17.8 Å². The maximum atomic E-state index is 13.1. The fourth-order valence-electron chi connectivity index (χ4n) is 3.03. The molecular formula is C20H20ClF3N4O2S. The lowest BCUT2D eigenvalue weighted by molar-refractivity contribution is -0.137. The summed E-state index contributed by atoms with van der Waals surface area (Å²) in [4.78, 5) is 33.6. The molecule has 0 radical (unpaired) electrons. The van der Waals surface area contributed by atoms with Crippen LogP contribution in [-0.2, 0) is 17.5 Å². The van der Waals surface area contributed by atoms with Crippen LogP contribution in [0.3, 0.4) is 0 Å². The van der Waals surface area contributed by atoms with Gasteiger partial charge in [-0.1, -0.05) is 25.4 Å². The first kappa shape index (κ1) is 23.1. The number of carbonyl (C=O) groups excluding carboxylic acids is 1. The van der Waals surface area contributed by atoms with E-state index in [0.29, 0.717) is 16.0 Å². The molecule has 1 amide bonds. The maximum absolute atomic E-state index is 13.1. The van der Waals surface area contributed by atoms with Crippen molar-refractivity contribution >= 4 is 44.7 Å². The van der Waals surface area contributed by atoms with Crippen molar-refractivity contribution in [2.75, 3.05) is 12.4 Å². The summed E-state index contributed by atoms with van der Waals surface area (Å²) in [5.41, 5.74) is -0.363. The van der Waals surface area contributed by atoms with Crippen LogP contribution >= 0.6 is 22.9 Å². The molecule has 2 N–H and O–H groups in total. The molecule has 166 valence electrons. The number of thiophene rings is 1. The zero-order valence-electron chi connectivity index (χ0n) is 16.9. The quantitative estimate of drug-likeness (QED) is 0.542. The number of aromatic nitrogens is 2. The minimum Gasteiger partial charge on any atom is -0.372 e. The van der Waals surface area contributed by atoms with Crippen LogP contribution in [0.25, 0.3) is 10.2 Å². The number of fused-ring (bicyclic) bond motifs is 1. The van der Waals surface area contributed by atoms with Gasteiger partial charge in [0.05, 0.1) is 28.3 Å². The summed E-state index contributed by atoms with van der Waals surface area (Å²) in [5.74, 6) is -0.180. The Hall–Kier alpha value is -2.59. The lowest BCUT2D eigenvalue weighted by atomic mass is 10.0. The van der Waals surface area contributed by atoms with Crippen LogP contribution in [0.2, 0.25) is 5.02 Å². The van der Waals surface area contributed by atoms with Crippen molar-refractivity contribution in [2.45, 2.75) is 32.6 Å². The molecule has 0 bridgehead atoms. The molecule has 0 fully saturated rings. The number of H-pyrrole nitrogens is 1. The normalized spacial score (nSPS) is 12.9. The van der Waals surface area contributed by atoms with Gasteiger partial charge in [0.1, 0.15) is 16.6 Å². The van der Waals surface area contributed by atoms with Crippen molar-refractivity contribution in [3.8, 4) is 0 Å². The topological polar surface area (TPSA) is 78.1 Å². The highest BCUT2D eigenvalue weighted by Crippen LogP contribution is 2.34. The van der Waals surface area contributed by atoms with Crippen LogP contribution in [-0.4, -0.2) is 33.9 Å². The van der Waals surface area contributed by atoms with E-state index in [1.165, 1.54) is 22.3 Å². The van der Waals surface area contributed by atoms with E-state index in [0.717, 1.165) is 12.1 Å². The van der Waals surface area contributed by atoms with Crippen molar-refractivity contribution in [3.63, 3.8) is 0 Å². The Morgan fingerprint density at radius 3 is 2.65 bits per heavy atom. The lowest BCUT2D eigenvalue weighted by Gasteiger charge is -2.28. The number of alkyl halides is 3. The molecule has 0 aliphatic carbocycles. The Balaban J connectivity index is 1.78. The van der Waals surface area contributed by atoms with Crippen LogP contribution < -0.4 is 10.9 Å². The molecule has 0 unspecified atom stereocenters. The number of aromatic amines is 1. The highest BCUT2D eigenvalue weighted by Gasteiger charge is 2.32. The van der Waals surface area contributed by atoms with Gasteiger partial charge in [-0.25, -0.2) is 4.98 Å². The number of hydrogen-bond acceptors (Lipinski definition) is 5. The van der Waals surface area contributed by atoms with Crippen LogP contribution in [0, 0.1) is 5.92 Å². The van der Waals surface area contributed by atoms with Gasteiger partial charge in [0.2, 0.25) is 5.91 Å². The SMILES string of the molecule is CC(C)[C@H](Nc1ccc(C(F)(F)F)cc1Cl)C(=O)N(C)Cc1nc2ccsc2c(=O)[nH]1. The largest absolute Gasteiger partial charge is 0.416 e. The second-order valence-corrected chi connectivity index (χ2v) is 8.72. The number of carbonyl (C=O) groups is 1. The summed E-state index contributed by atoms with van der Waals surface area (Å²) in [7, 11) is 1.56. The van der Waals surface area contributed by atoms with Gasteiger partial charge >= 0.3 is 6.18 Å². The first-order valence-corrected chi connectivity index (χ1v) is 10.6. The fraction of sp³-hybridized carbons (Fsp3) is 0.350. The summed E-state index contributed by atoms with van der Waals surface area (Å²) in [5, 5.41) is 4.58. The van der Waals surface area contributed by atoms with Crippen LogP contribution in [0.5, 0.6) is 0 Å². The van der Waals surface area contributed by atoms with Crippen molar-refractivity contribution in [1.82, 2.24) is 14.9 Å².